The molecule has 2 aliphatic carbocycles. The summed E-state index contributed by atoms with van der Waals surface area (Å²) in [5.41, 5.74) is 0.176. The fourth-order valence-electron chi connectivity index (χ4n) is 4.39. The first-order valence-electron chi connectivity index (χ1n) is 8.58. The van der Waals surface area contributed by atoms with Gasteiger partial charge in [0.25, 0.3) is 0 Å². The average Bonchev–Trinajstić information content (AvgIpc) is 3.01. The van der Waals surface area contributed by atoms with Gasteiger partial charge < -0.3 is 9.64 Å². The van der Waals surface area contributed by atoms with E-state index < -0.39 is 0 Å². The summed E-state index contributed by atoms with van der Waals surface area (Å²) in [7, 11) is 0. The molecule has 0 spiro atoms. The number of rotatable bonds is 4. The zero-order valence-corrected chi connectivity index (χ0v) is 13.0. The van der Waals surface area contributed by atoms with E-state index in [1.165, 1.54) is 25.7 Å². The molecule has 0 aromatic carbocycles. The van der Waals surface area contributed by atoms with Gasteiger partial charge in [-0.15, -0.1) is 0 Å². The summed E-state index contributed by atoms with van der Waals surface area (Å²) in [6.07, 6.45) is 10.6. The molecule has 0 N–H and O–H groups in total. The predicted molar refractivity (Wildman–Crippen MR) is 83.4 cm³/mol. The van der Waals surface area contributed by atoms with Gasteiger partial charge in [0, 0.05) is 30.6 Å². The van der Waals surface area contributed by atoms with Gasteiger partial charge in [0.1, 0.15) is 5.75 Å². The fourth-order valence-corrected chi connectivity index (χ4v) is 4.39. The van der Waals surface area contributed by atoms with Gasteiger partial charge in [0.05, 0.1) is 12.8 Å². The van der Waals surface area contributed by atoms with Crippen molar-refractivity contribution in [2.24, 2.45) is 17.3 Å². The molecule has 4 heteroatoms. The van der Waals surface area contributed by atoms with Crippen molar-refractivity contribution in [3.8, 4) is 5.75 Å². The minimum Gasteiger partial charge on any atom is -0.491 e. The lowest BCUT2D eigenvalue weighted by Crippen LogP contribution is -2.40. The van der Waals surface area contributed by atoms with E-state index in [2.05, 4.69) is 9.88 Å². The minimum absolute atomic E-state index is 0.176. The van der Waals surface area contributed by atoms with Crippen LogP contribution in [0.2, 0.25) is 0 Å². The number of nitrogens with zero attached hydrogens (tertiary/aromatic N) is 2. The van der Waals surface area contributed by atoms with Gasteiger partial charge in [-0.1, -0.05) is 12.8 Å². The molecule has 3 fully saturated rings. The van der Waals surface area contributed by atoms with E-state index in [0.717, 1.165) is 38.3 Å². The predicted octanol–water partition coefficient (Wildman–Crippen LogP) is 2.89. The topological polar surface area (TPSA) is 42.4 Å². The Labute approximate surface area is 131 Å². The lowest BCUT2D eigenvalue weighted by molar-refractivity contribution is -0.137. The largest absolute Gasteiger partial charge is 0.491 e. The number of carbonyl (C=O) groups is 1. The summed E-state index contributed by atoms with van der Waals surface area (Å²) in [5, 5.41) is 0. The third-order valence-electron chi connectivity index (χ3n) is 5.97. The fraction of sp³-hybridized carbons (Fsp3) is 0.667. The highest BCUT2D eigenvalue weighted by molar-refractivity contribution is 5.80. The van der Waals surface area contributed by atoms with Crippen molar-refractivity contribution in [2.75, 3.05) is 19.7 Å². The Morgan fingerprint density at radius 3 is 3.00 bits per heavy atom. The first kappa shape index (κ1) is 14.0. The highest BCUT2D eigenvalue weighted by Crippen LogP contribution is 2.49. The van der Waals surface area contributed by atoms with Crippen LogP contribution in [0.5, 0.6) is 5.75 Å². The van der Waals surface area contributed by atoms with Crippen LogP contribution in [0.4, 0.5) is 0 Å². The van der Waals surface area contributed by atoms with E-state index in [9.17, 15) is 4.79 Å². The Balaban J connectivity index is 1.43. The van der Waals surface area contributed by atoms with Crippen molar-refractivity contribution >= 4 is 5.91 Å². The van der Waals surface area contributed by atoms with Gasteiger partial charge >= 0.3 is 0 Å². The van der Waals surface area contributed by atoms with Crippen molar-refractivity contribution in [3.63, 3.8) is 0 Å². The molecule has 3 aliphatic rings. The summed E-state index contributed by atoms with van der Waals surface area (Å²) in [5.74, 6) is 2.18. The summed E-state index contributed by atoms with van der Waals surface area (Å²) < 4.78 is 6.02. The number of ether oxygens (including phenoxy) is 1. The highest BCUT2D eigenvalue weighted by Gasteiger charge is 2.52. The maximum atomic E-state index is 12.6. The second kappa shape index (κ2) is 5.56. The smallest absolute Gasteiger partial charge is 0.225 e. The molecule has 118 valence electrons. The van der Waals surface area contributed by atoms with Crippen LogP contribution in [0, 0.1) is 17.3 Å². The average molecular weight is 300 g/mol. The molecule has 4 nitrogen and oxygen atoms in total. The molecule has 0 unspecified atom stereocenters. The molecule has 1 aliphatic heterocycles. The van der Waals surface area contributed by atoms with Crippen LogP contribution in [0.25, 0.3) is 0 Å². The number of hydrogen-bond donors (Lipinski definition) is 0. The van der Waals surface area contributed by atoms with Gasteiger partial charge in [0.15, 0.2) is 0 Å². The van der Waals surface area contributed by atoms with Crippen LogP contribution in [-0.4, -0.2) is 35.5 Å². The van der Waals surface area contributed by atoms with E-state index in [4.69, 9.17) is 4.74 Å². The molecule has 2 heterocycles. The molecule has 1 amide bonds. The molecular formula is C18H24N2O2. The van der Waals surface area contributed by atoms with Gasteiger partial charge in [-0.2, -0.15) is 0 Å². The number of likely N-dealkylation sites (tertiary alicyclic amines) is 1. The summed E-state index contributed by atoms with van der Waals surface area (Å²) in [4.78, 5) is 18.8. The van der Waals surface area contributed by atoms with Gasteiger partial charge in [0.2, 0.25) is 5.91 Å². The Hall–Kier alpha value is -1.58. The van der Waals surface area contributed by atoms with Gasteiger partial charge in [-0.25, -0.2) is 0 Å². The highest BCUT2D eigenvalue weighted by atomic mass is 16.5. The summed E-state index contributed by atoms with van der Waals surface area (Å²) in [6.45, 7) is 2.57. The second-order valence-corrected chi connectivity index (χ2v) is 7.28. The molecule has 0 radical (unpaired) electrons. The van der Waals surface area contributed by atoms with E-state index in [1.807, 2.05) is 12.1 Å². The quantitative estimate of drug-likeness (QED) is 0.858. The van der Waals surface area contributed by atoms with Crippen molar-refractivity contribution in [3.05, 3.63) is 24.5 Å². The van der Waals surface area contributed by atoms with Crippen LogP contribution in [0.3, 0.4) is 0 Å². The first-order chi connectivity index (χ1) is 10.8. The second-order valence-electron chi connectivity index (χ2n) is 7.28. The van der Waals surface area contributed by atoms with Gasteiger partial charge in [-0.05, 0) is 43.7 Å². The lowest BCUT2D eigenvalue weighted by atomic mass is 9.81. The van der Waals surface area contributed by atoms with Crippen molar-refractivity contribution in [1.82, 2.24) is 9.88 Å². The van der Waals surface area contributed by atoms with Gasteiger partial charge in [-0.3, -0.25) is 9.78 Å². The number of fused-ring (bicyclic) bond motifs is 1. The minimum atomic E-state index is 0.176. The number of amides is 1. The summed E-state index contributed by atoms with van der Waals surface area (Å²) >= 11 is 0. The lowest BCUT2D eigenvalue weighted by Gasteiger charge is -2.31. The molecule has 2 atom stereocenters. The van der Waals surface area contributed by atoms with Crippen LogP contribution >= 0.6 is 0 Å². The SMILES string of the molecule is O=C(C1CCC1)N1C[C@H]2CCC[C@@]2(COc2cccnc2)C1. The van der Waals surface area contributed by atoms with E-state index >= 15 is 0 Å². The van der Waals surface area contributed by atoms with Crippen LogP contribution < -0.4 is 4.74 Å². The van der Waals surface area contributed by atoms with E-state index in [1.54, 1.807) is 12.4 Å². The molecule has 2 saturated carbocycles. The number of pyridine rings is 1. The number of carbonyl (C=O) groups excluding carboxylic acids is 1. The molecular weight excluding hydrogens is 276 g/mol. The molecule has 4 rings (SSSR count). The Morgan fingerprint density at radius 1 is 1.36 bits per heavy atom. The Bertz CT molecular complexity index is 543. The zero-order chi connectivity index (χ0) is 15.0. The normalized spacial score (nSPS) is 30.9. The zero-order valence-electron chi connectivity index (χ0n) is 13.0. The number of aromatic nitrogens is 1. The van der Waals surface area contributed by atoms with E-state index in [-0.39, 0.29) is 5.41 Å². The number of hydrogen-bond acceptors (Lipinski definition) is 3. The first-order valence-corrected chi connectivity index (χ1v) is 8.58. The molecule has 22 heavy (non-hydrogen) atoms. The maximum Gasteiger partial charge on any atom is 0.225 e. The van der Waals surface area contributed by atoms with E-state index in [0.29, 0.717) is 17.7 Å². The monoisotopic (exact) mass is 300 g/mol. The van der Waals surface area contributed by atoms with Crippen LogP contribution in [0.15, 0.2) is 24.5 Å². The maximum absolute atomic E-state index is 12.6. The molecule has 1 aromatic rings. The van der Waals surface area contributed by atoms with Crippen molar-refractivity contribution in [1.29, 1.82) is 0 Å². The van der Waals surface area contributed by atoms with Crippen LogP contribution in [-0.2, 0) is 4.79 Å². The van der Waals surface area contributed by atoms with Crippen LogP contribution in [0.1, 0.15) is 38.5 Å². The van der Waals surface area contributed by atoms with Crippen molar-refractivity contribution < 1.29 is 9.53 Å². The summed E-state index contributed by atoms with van der Waals surface area (Å²) in [6, 6.07) is 3.86. The Morgan fingerprint density at radius 2 is 2.27 bits per heavy atom. The molecule has 1 aromatic heterocycles. The molecule has 1 saturated heterocycles. The third kappa shape index (κ3) is 2.38. The van der Waals surface area contributed by atoms with Crippen molar-refractivity contribution in [2.45, 2.75) is 38.5 Å². The standard InChI is InChI=1S/C18H24N2O2/c21-17(14-4-1-5-14)20-11-15-6-2-8-18(15,12-20)13-22-16-7-3-9-19-10-16/h3,7,9-10,14-15H,1-2,4-6,8,11-13H2/t15-,18+/m1/s1. The third-order valence-corrected chi connectivity index (χ3v) is 5.97. The molecule has 0 bridgehead atoms. The Kier molecular flexibility index (Phi) is 3.55.